The van der Waals surface area contributed by atoms with Crippen molar-refractivity contribution in [1.29, 1.82) is 0 Å². The van der Waals surface area contributed by atoms with Gasteiger partial charge >= 0.3 is 5.97 Å². The van der Waals surface area contributed by atoms with Crippen molar-refractivity contribution in [3.63, 3.8) is 0 Å². The van der Waals surface area contributed by atoms with E-state index >= 15 is 0 Å². The molecule has 31 heavy (non-hydrogen) atoms. The molecule has 0 unspecified atom stereocenters. The second-order valence-corrected chi connectivity index (χ2v) is 7.84. The van der Waals surface area contributed by atoms with Crippen molar-refractivity contribution in [3.8, 4) is 5.75 Å². The molecule has 0 spiro atoms. The Morgan fingerprint density at radius 3 is 2.58 bits per heavy atom. The highest BCUT2D eigenvalue weighted by Crippen LogP contribution is 2.27. The molecule has 0 N–H and O–H groups in total. The minimum Gasteiger partial charge on any atom is -0.490 e. The van der Waals surface area contributed by atoms with Gasteiger partial charge in [-0.2, -0.15) is 0 Å². The van der Waals surface area contributed by atoms with Gasteiger partial charge in [0.1, 0.15) is 34.5 Å². The fourth-order valence-corrected chi connectivity index (χ4v) is 4.16. The van der Waals surface area contributed by atoms with Crippen LogP contribution in [0.4, 0.5) is 4.39 Å². The zero-order valence-corrected chi connectivity index (χ0v) is 17.5. The zero-order chi connectivity index (χ0) is 21.8. The number of nitrogens with zero attached hydrogens (tertiary/aromatic N) is 2. The first kappa shape index (κ1) is 20.7. The minimum absolute atomic E-state index is 0.0869. The number of fused-ring (bicyclic) bond motifs is 1. The number of thiophene rings is 1. The molecule has 0 atom stereocenters. The molecule has 2 heterocycles. The maximum absolute atomic E-state index is 13.1. The van der Waals surface area contributed by atoms with E-state index in [1.807, 2.05) is 30.3 Å². The van der Waals surface area contributed by atoms with Crippen LogP contribution in [0, 0.1) is 12.7 Å². The second kappa shape index (κ2) is 9.09. The highest BCUT2D eigenvalue weighted by molar-refractivity contribution is 7.20. The van der Waals surface area contributed by atoms with E-state index in [1.165, 1.54) is 23.0 Å². The molecule has 2 aromatic heterocycles. The number of para-hydroxylation sites is 1. The second-order valence-electron chi connectivity index (χ2n) is 6.84. The smallest absolute Gasteiger partial charge is 0.348 e. The van der Waals surface area contributed by atoms with Gasteiger partial charge < -0.3 is 9.47 Å². The summed E-state index contributed by atoms with van der Waals surface area (Å²) in [7, 11) is 0. The molecule has 8 heteroatoms. The Morgan fingerprint density at radius 1 is 1.10 bits per heavy atom. The van der Waals surface area contributed by atoms with Crippen LogP contribution in [0.2, 0.25) is 0 Å². The van der Waals surface area contributed by atoms with Gasteiger partial charge in [0, 0.05) is 0 Å². The van der Waals surface area contributed by atoms with E-state index in [0.717, 1.165) is 16.9 Å². The van der Waals surface area contributed by atoms with Crippen molar-refractivity contribution in [2.24, 2.45) is 0 Å². The van der Waals surface area contributed by atoms with Gasteiger partial charge in [0.05, 0.1) is 18.3 Å². The van der Waals surface area contributed by atoms with Gasteiger partial charge in [0.15, 0.2) is 0 Å². The van der Waals surface area contributed by atoms with E-state index in [9.17, 15) is 14.0 Å². The van der Waals surface area contributed by atoms with Gasteiger partial charge in [-0.15, -0.1) is 11.3 Å². The summed E-state index contributed by atoms with van der Waals surface area (Å²) in [6.07, 6.45) is 1.44. The molecule has 0 fully saturated rings. The Hall–Kier alpha value is -3.52. The highest BCUT2D eigenvalue weighted by atomic mass is 32.1. The Labute approximate surface area is 181 Å². The number of carbonyl (C=O) groups is 1. The standard InChI is InChI=1S/C23H19FN2O4S/c1-15-19-21(25-14-26(22(19)27)13-16-7-9-17(24)10-8-16)31-20(15)23(28)30-12-11-29-18-5-3-2-4-6-18/h2-10,14H,11-13H2,1H3. The predicted octanol–water partition coefficient (Wildman–Crippen LogP) is 4.19. The van der Waals surface area contributed by atoms with Gasteiger partial charge in [0.2, 0.25) is 0 Å². The van der Waals surface area contributed by atoms with Crippen molar-refractivity contribution in [1.82, 2.24) is 9.55 Å². The number of aryl methyl sites for hydroxylation is 1. The molecule has 0 aliphatic rings. The Bertz CT molecular complexity index is 1270. The predicted molar refractivity (Wildman–Crippen MR) is 116 cm³/mol. The summed E-state index contributed by atoms with van der Waals surface area (Å²) >= 11 is 1.13. The molecule has 0 saturated heterocycles. The number of halogens is 1. The molecule has 0 amide bonds. The number of benzene rings is 2. The first-order chi connectivity index (χ1) is 15.0. The molecule has 0 radical (unpaired) electrons. The number of hydrogen-bond donors (Lipinski definition) is 0. The maximum atomic E-state index is 13.1. The van der Waals surface area contributed by atoms with Crippen LogP contribution in [-0.2, 0) is 11.3 Å². The first-order valence-corrected chi connectivity index (χ1v) is 10.4. The molecular formula is C23H19FN2O4S. The third-order valence-electron chi connectivity index (χ3n) is 4.70. The normalized spacial score (nSPS) is 10.9. The van der Waals surface area contributed by atoms with Crippen LogP contribution in [0.3, 0.4) is 0 Å². The van der Waals surface area contributed by atoms with Crippen molar-refractivity contribution >= 4 is 27.5 Å². The molecule has 0 aliphatic carbocycles. The summed E-state index contributed by atoms with van der Waals surface area (Å²) in [6.45, 7) is 2.28. The average Bonchev–Trinajstić information content (AvgIpc) is 3.12. The lowest BCUT2D eigenvalue weighted by Gasteiger charge is -2.07. The lowest BCUT2D eigenvalue weighted by molar-refractivity contribution is 0.0455. The summed E-state index contributed by atoms with van der Waals surface area (Å²) < 4.78 is 25.4. The number of aromatic nitrogens is 2. The monoisotopic (exact) mass is 438 g/mol. The first-order valence-electron chi connectivity index (χ1n) is 9.61. The third kappa shape index (κ3) is 4.64. The minimum atomic E-state index is -0.512. The Kier molecular flexibility index (Phi) is 6.08. The quantitative estimate of drug-likeness (QED) is 0.320. The van der Waals surface area contributed by atoms with Crippen LogP contribution in [-0.4, -0.2) is 28.7 Å². The lowest BCUT2D eigenvalue weighted by Crippen LogP contribution is -2.21. The van der Waals surface area contributed by atoms with Crippen LogP contribution in [0.1, 0.15) is 20.8 Å². The van der Waals surface area contributed by atoms with Crippen LogP contribution < -0.4 is 10.3 Å². The van der Waals surface area contributed by atoms with Gasteiger partial charge in [-0.05, 0) is 42.3 Å². The summed E-state index contributed by atoms with van der Waals surface area (Å²) in [5, 5.41) is 0.391. The average molecular weight is 438 g/mol. The molecular weight excluding hydrogens is 419 g/mol. The zero-order valence-electron chi connectivity index (χ0n) is 16.7. The van der Waals surface area contributed by atoms with E-state index in [1.54, 1.807) is 19.1 Å². The summed E-state index contributed by atoms with van der Waals surface area (Å²) in [5.74, 6) is -0.153. The van der Waals surface area contributed by atoms with Crippen LogP contribution in [0.15, 0.2) is 65.7 Å². The number of ether oxygens (including phenoxy) is 2. The van der Waals surface area contributed by atoms with Crippen LogP contribution in [0.5, 0.6) is 5.75 Å². The number of esters is 1. The van der Waals surface area contributed by atoms with E-state index in [-0.39, 0.29) is 31.1 Å². The number of rotatable bonds is 7. The molecule has 0 aliphatic heterocycles. The number of hydrogen-bond acceptors (Lipinski definition) is 6. The molecule has 4 aromatic rings. The van der Waals surface area contributed by atoms with E-state index in [0.29, 0.717) is 26.4 Å². The molecule has 0 saturated carbocycles. The van der Waals surface area contributed by atoms with E-state index < -0.39 is 5.97 Å². The van der Waals surface area contributed by atoms with Crippen molar-refractivity contribution in [3.05, 3.63) is 93.1 Å². The van der Waals surface area contributed by atoms with Crippen molar-refractivity contribution in [2.75, 3.05) is 13.2 Å². The highest BCUT2D eigenvalue weighted by Gasteiger charge is 2.20. The Balaban J connectivity index is 1.48. The molecule has 2 aromatic carbocycles. The maximum Gasteiger partial charge on any atom is 0.348 e. The summed E-state index contributed by atoms with van der Waals surface area (Å²) in [5.41, 5.74) is 1.06. The molecule has 158 valence electrons. The topological polar surface area (TPSA) is 70.4 Å². The van der Waals surface area contributed by atoms with Gasteiger partial charge in [-0.3, -0.25) is 9.36 Å². The molecule has 6 nitrogen and oxygen atoms in total. The molecule has 4 rings (SSSR count). The van der Waals surface area contributed by atoms with Crippen LogP contribution >= 0.6 is 11.3 Å². The third-order valence-corrected chi connectivity index (χ3v) is 5.88. The largest absolute Gasteiger partial charge is 0.490 e. The van der Waals surface area contributed by atoms with E-state index in [4.69, 9.17) is 9.47 Å². The summed E-state index contributed by atoms with van der Waals surface area (Å²) in [4.78, 5) is 30.6. The Morgan fingerprint density at radius 2 is 1.84 bits per heavy atom. The van der Waals surface area contributed by atoms with Crippen molar-refractivity contribution < 1.29 is 18.7 Å². The van der Waals surface area contributed by atoms with Crippen LogP contribution in [0.25, 0.3) is 10.2 Å². The fourth-order valence-electron chi connectivity index (χ4n) is 3.13. The SMILES string of the molecule is Cc1c(C(=O)OCCOc2ccccc2)sc2ncn(Cc3ccc(F)cc3)c(=O)c12. The number of carbonyl (C=O) groups excluding carboxylic acids is 1. The van der Waals surface area contributed by atoms with Crippen molar-refractivity contribution in [2.45, 2.75) is 13.5 Å². The lowest BCUT2D eigenvalue weighted by atomic mass is 10.2. The summed E-state index contributed by atoms with van der Waals surface area (Å²) in [6, 6.07) is 15.2. The van der Waals surface area contributed by atoms with Gasteiger partial charge in [-0.25, -0.2) is 14.2 Å². The van der Waals surface area contributed by atoms with Gasteiger partial charge in [0.25, 0.3) is 5.56 Å². The fraction of sp³-hybridized carbons (Fsp3) is 0.174. The van der Waals surface area contributed by atoms with E-state index in [2.05, 4.69) is 4.98 Å². The molecule has 0 bridgehead atoms. The van der Waals surface area contributed by atoms with Gasteiger partial charge in [-0.1, -0.05) is 30.3 Å².